The van der Waals surface area contributed by atoms with E-state index in [2.05, 4.69) is 47.0 Å². The lowest BCUT2D eigenvalue weighted by atomic mass is 10.1. The van der Waals surface area contributed by atoms with Crippen LogP contribution in [-0.4, -0.2) is 28.8 Å². The summed E-state index contributed by atoms with van der Waals surface area (Å²) in [6.07, 6.45) is 12.2. The summed E-state index contributed by atoms with van der Waals surface area (Å²) in [5.41, 5.74) is 3.30. The van der Waals surface area contributed by atoms with E-state index in [9.17, 15) is 4.79 Å². The Morgan fingerprint density at radius 3 is 2.58 bits per heavy atom. The molecular weight excluding hydrogens is 388 g/mol. The van der Waals surface area contributed by atoms with Crippen LogP contribution in [0.5, 0.6) is 5.75 Å². The second-order valence-corrected chi connectivity index (χ2v) is 7.89. The van der Waals surface area contributed by atoms with Crippen LogP contribution in [0.4, 0.5) is 10.5 Å². The average molecular weight is 423 g/mol. The molecule has 0 aliphatic carbocycles. The SMILES string of the molecule is CCCCCCCNC(=O)Oc1ccc2c(c1)c(C)cn2N(CCC)c1ccncc1. The van der Waals surface area contributed by atoms with Crippen LogP contribution < -0.4 is 15.1 Å². The van der Waals surface area contributed by atoms with Crippen molar-refractivity contribution in [2.75, 3.05) is 18.1 Å². The number of rotatable bonds is 11. The maximum absolute atomic E-state index is 12.2. The number of amides is 1. The number of nitrogens with one attached hydrogen (secondary N) is 1. The molecule has 0 unspecified atom stereocenters. The zero-order valence-electron chi connectivity index (χ0n) is 18.9. The molecule has 166 valence electrons. The van der Waals surface area contributed by atoms with Gasteiger partial charge in [0.2, 0.25) is 0 Å². The van der Waals surface area contributed by atoms with Gasteiger partial charge in [-0.15, -0.1) is 0 Å². The van der Waals surface area contributed by atoms with Crippen LogP contribution in [0.1, 0.15) is 57.9 Å². The summed E-state index contributed by atoms with van der Waals surface area (Å²) in [6.45, 7) is 7.98. The third kappa shape index (κ3) is 6.00. The maximum atomic E-state index is 12.2. The zero-order chi connectivity index (χ0) is 22.1. The third-order valence-corrected chi connectivity index (χ3v) is 5.37. The number of carbonyl (C=O) groups excluding carboxylic acids is 1. The second-order valence-electron chi connectivity index (χ2n) is 7.89. The van der Waals surface area contributed by atoms with Gasteiger partial charge in [-0.3, -0.25) is 14.7 Å². The third-order valence-electron chi connectivity index (χ3n) is 5.37. The number of unbranched alkanes of at least 4 members (excludes halogenated alkanes) is 4. The molecule has 31 heavy (non-hydrogen) atoms. The number of hydrogen-bond acceptors (Lipinski definition) is 4. The molecule has 0 spiro atoms. The van der Waals surface area contributed by atoms with Gasteiger partial charge in [-0.1, -0.05) is 39.5 Å². The van der Waals surface area contributed by atoms with Crippen molar-refractivity contribution in [2.45, 2.75) is 59.3 Å². The number of aromatic nitrogens is 2. The predicted octanol–water partition coefficient (Wildman–Crippen LogP) is 6.08. The van der Waals surface area contributed by atoms with E-state index in [1.807, 2.05) is 42.7 Å². The van der Waals surface area contributed by atoms with Gasteiger partial charge in [-0.2, -0.15) is 0 Å². The smallest absolute Gasteiger partial charge is 0.410 e. The molecule has 6 heteroatoms. The fraction of sp³-hybridized carbons (Fsp3) is 0.440. The highest BCUT2D eigenvalue weighted by Crippen LogP contribution is 2.28. The Hall–Kier alpha value is -3.02. The van der Waals surface area contributed by atoms with E-state index < -0.39 is 6.09 Å². The zero-order valence-corrected chi connectivity index (χ0v) is 18.9. The van der Waals surface area contributed by atoms with Crippen molar-refractivity contribution >= 4 is 22.7 Å². The quantitative estimate of drug-likeness (QED) is 0.380. The predicted molar refractivity (Wildman–Crippen MR) is 127 cm³/mol. The van der Waals surface area contributed by atoms with Crippen molar-refractivity contribution in [3.63, 3.8) is 0 Å². The largest absolute Gasteiger partial charge is 0.412 e. The van der Waals surface area contributed by atoms with E-state index in [0.29, 0.717) is 12.3 Å². The minimum absolute atomic E-state index is 0.392. The monoisotopic (exact) mass is 422 g/mol. The fourth-order valence-corrected chi connectivity index (χ4v) is 3.77. The number of pyridine rings is 1. The Balaban J connectivity index is 1.71. The number of hydrogen-bond donors (Lipinski definition) is 1. The first-order valence-electron chi connectivity index (χ1n) is 11.4. The van der Waals surface area contributed by atoms with Crippen molar-refractivity contribution in [1.29, 1.82) is 0 Å². The van der Waals surface area contributed by atoms with Crippen molar-refractivity contribution in [2.24, 2.45) is 0 Å². The van der Waals surface area contributed by atoms with E-state index in [1.165, 1.54) is 19.3 Å². The average Bonchev–Trinajstić information content (AvgIpc) is 3.10. The lowest BCUT2D eigenvalue weighted by Crippen LogP contribution is -2.29. The minimum atomic E-state index is -0.392. The fourth-order valence-electron chi connectivity index (χ4n) is 3.77. The molecule has 2 aromatic heterocycles. The van der Waals surface area contributed by atoms with Crippen LogP contribution in [0.15, 0.2) is 48.9 Å². The first-order chi connectivity index (χ1) is 15.1. The van der Waals surface area contributed by atoms with Crippen LogP contribution in [-0.2, 0) is 0 Å². The first-order valence-corrected chi connectivity index (χ1v) is 11.4. The van der Waals surface area contributed by atoms with Crippen LogP contribution in [0.3, 0.4) is 0 Å². The Bertz CT molecular complexity index is 968. The molecule has 0 saturated carbocycles. The number of benzene rings is 1. The molecule has 0 aliphatic rings. The van der Waals surface area contributed by atoms with Gasteiger partial charge < -0.3 is 10.1 Å². The molecule has 3 aromatic rings. The van der Waals surface area contributed by atoms with Crippen LogP contribution in [0, 0.1) is 6.92 Å². The van der Waals surface area contributed by atoms with E-state index in [1.54, 1.807) is 0 Å². The van der Waals surface area contributed by atoms with Gasteiger partial charge in [0.25, 0.3) is 0 Å². The summed E-state index contributed by atoms with van der Waals surface area (Å²) in [4.78, 5) is 16.3. The van der Waals surface area contributed by atoms with Gasteiger partial charge in [0.05, 0.1) is 11.2 Å². The van der Waals surface area contributed by atoms with Crippen molar-refractivity contribution < 1.29 is 9.53 Å². The van der Waals surface area contributed by atoms with Crippen molar-refractivity contribution in [3.8, 4) is 5.75 Å². The van der Waals surface area contributed by atoms with Crippen molar-refractivity contribution in [1.82, 2.24) is 15.0 Å². The molecule has 1 aromatic carbocycles. The van der Waals surface area contributed by atoms with Gasteiger partial charge >= 0.3 is 6.09 Å². The topological polar surface area (TPSA) is 59.4 Å². The van der Waals surface area contributed by atoms with Gasteiger partial charge in [0.1, 0.15) is 5.75 Å². The van der Waals surface area contributed by atoms with Crippen molar-refractivity contribution in [3.05, 3.63) is 54.5 Å². The summed E-state index contributed by atoms with van der Waals surface area (Å²) < 4.78 is 7.70. The molecule has 2 heterocycles. The summed E-state index contributed by atoms with van der Waals surface area (Å²) in [5, 5.41) is 6.16. The van der Waals surface area contributed by atoms with Crippen LogP contribution in [0.2, 0.25) is 0 Å². The molecule has 6 nitrogen and oxygen atoms in total. The van der Waals surface area contributed by atoms with E-state index >= 15 is 0 Å². The minimum Gasteiger partial charge on any atom is -0.410 e. The summed E-state index contributed by atoms with van der Waals surface area (Å²) in [7, 11) is 0. The van der Waals surface area contributed by atoms with Crippen LogP contribution >= 0.6 is 0 Å². The van der Waals surface area contributed by atoms with E-state index in [0.717, 1.165) is 48.0 Å². The summed E-state index contributed by atoms with van der Waals surface area (Å²) in [6, 6.07) is 9.84. The lowest BCUT2D eigenvalue weighted by Gasteiger charge is -2.26. The molecule has 0 bridgehead atoms. The highest BCUT2D eigenvalue weighted by atomic mass is 16.6. The normalized spacial score (nSPS) is 10.9. The Morgan fingerprint density at radius 1 is 1.06 bits per heavy atom. The molecule has 1 amide bonds. The molecule has 1 N–H and O–H groups in total. The molecule has 0 fully saturated rings. The van der Waals surface area contributed by atoms with Crippen LogP contribution in [0.25, 0.3) is 10.9 Å². The Labute approximate surface area is 185 Å². The molecule has 0 atom stereocenters. The van der Waals surface area contributed by atoms with Gasteiger partial charge in [-0.25, -0.2) is 4.79 Å². The van der Waals surface area contributed by atoms with Gasteiger partial charge in [-0.05, 0) is 55.7 Å². The van der Waals surface area contributed by atoms with E-state index in [4.69, 9.17) is 4.74 Å². The maximum Gasteiger partial charge on any atom is 0.412 e. The summed E-state index contributed by atoms with van der Waals surface area (Å²) >= 11 is 0. The molecule has 0 saturated heterocycles. The standard InChI is InChI=1S/C25H34N4O2/c1-4-6-7-8-9-14-27-25(30)31-22-10-11-24-23(18-22)20(3)19-29(24)28(17-5-2)21-12-15-26-16-13-21/h10-13,15-16,18-19H,4-9,14,17H2,1-3H3,(H,27,30). The number of carbonyl (C=O) groups is 1. The van der Waals surface area contributed by atoms with Gasteiger partial charge in [0.15, 0.2) is 0 Å². The lowest BCUT2D eigenvalue weighted by molar-refractivity contribution is 0.200. The Kier molecular flexibility index (Phi) is 8.33. The molecule has 0 aliphatic heterocycles. The highest BCUT2D eigenvalue weighted by molar-refractivity contribution is 5.86. The number of nitrogens with zero attached hydrogens (tertiary/aromatic N) is 3. The molecule has 3 rings (SSSR count). The number of ether oxygens (including phenoxy) is 1. The molecule has 0 radical (unpaired) electrons. The van der Waals surface area contributed by atoms with Gasteiger partial charge in [0, 0.05) is 37.1 Å². The number of fused-ring (bicyclic) bond motifs is 1. The highest BCUT2D eigenvalue weighted by Gasteiger charge is 2.14. The second kappa shape index (κ2) is 11.4. The summed E-state index contributed by atoms with van der Waals surface area (Å²) in [5.74, 6) is 0.558. The first kappa shape index (κ1) is 22.7. The molecular formula is C25H34N4O2. The van der Waals surface area contributed by atoms with E-state index in [-0.39, 0.29) is 0 Å². The Morgan fingerprint density at radius 2 is 1.84 bits per heavy atom. The number of aryl methyl sites for hydroxylation is 1. The number of anilines is 1.